The van der Waals surface area contributed by atoms with Gasteiger partial charge in [-0.1, -0.05) is 18.6 Å². The molecule has 134 valence electrons. The fourth-order valence-corrected chi connectivity index (χ4v) is 10.7. The quantitative estimate of drug-likeness (QED) is 0.426. The van der Waals surface area contributed by atoms with E-state index in [0.29, 0.717) is 18.4 Å². The third-order valence-electron chi connectivity index (χ3n) is 10.6. The molecule has 6 bridgehead atoms. The molecule has 6 fully saturated rings. The van der Waals surface area contributed by atoms with E-state index in [1.807, 2.05) is 6.92 Å². The molecule has 7 aliphatic rings. The Labute approximate surface area is 150 Å². The van der Waals surface area contributed by atoms with Gasteiger partial charge in [0, 0.05) is 0 Å². The van der Waals surface area contributed by atoms with Crippen molar-refractivity contribution in [3.8, 4) is 0 Å². The fraction of sp³-hybridized carbons (Fsp3) is 0.870. The van der Waals surface area contributed by atoms with Crippen LogP contribution in [0.5, 0.6) is 0 Å². The van der Waals surface area contributed by atoms with Crippen LogP contribution in [0.25, 0.3) is 0 Å². The average Bonchev–Trinajstić information content (AvgIpc) is 3.44. The van der Waals surface area contributed by atoms with E-state index in [9.17, 15) is 4.79 Å². The number of carbonyl (C=O) groups excluding carboxylic acids is 1. The lowest BCUT2D eigenvalue weighted by Crippen LogP contribution is -2.51. The predicted molar refractivity (Wildman–Crippen MR) is 94.3 cm³/mol. The molecule has 0 spiro atoms. The lowest BCUT2D eigenvalue weighted by atomic mass is 9.53. The SMILES string of the molecule is CCOC(=O)C12CCCC1C1CC2C2C3CC(C4C5C=CC(C5)C34)C12. The number of fused-ring (bicyclic) bond motifs is 19. The molecule has 0 N–H and O–H groups in total. The molecule has 0 aromatic heterocycles. The van der Waals surface area contributed by atoms with Crippen LogP contribution in [-0.4, -0.2) is 12.6 Å². The van der Waals surface area contributed by atoms with E-state index in [4.69, 9.17) is 4.74 Å². The number of ether oxygens (including phenoxy) is 1. The summed E-state index contributed by atoms with van der Waals surface area (Å²) in [5, 5.41) is 0. The van der Waals surface area contributed by atoms with Gasteiger partial charge in [0.25, 0.3) is 0 Å². The highest BCUT2D eigenvalue weighted by Crippen LogP contribution is 2.81. The van der Waals surface area contributed by atoms with Gasteiger partial charge in [-0.3, -0.25) is 4.79 Å². The van der Waals surface area contributed by atoms with Gasteiger partial charge in [0.05, 0.1) is 12.0 Å². The topological polar surface area (TPSA) is 26.3 Å². The number of hydrogen-bond donors (Lipinski definition) is 0. The molecule has 12 unspecified atom stereocenters. The van der Waals surface area contributed by atoms with E-state index in [2.05, 4.69) is 12.2 Å². The van der Waals surface area contributed by atoms with Crippen molar-refractivity contribution in [1.82, 2.24) is 0 Å². The number of rotatable bonds is 2. The minimum absolute atomic E-state index is 0.0602. The molecule has 6 saturated carbocycles. The summed E-state index contributed by atoms with van der Waals surface area (Å²) < 4.78 is 5.70. The lowest BCUT2D eigenvalue weighted by molar-refractivity contribution is -0.167. The van der Waals surface area contributed by atoms with E-state index in [-0.39, 0.29) is 11.4 Å². The Bertz CT molecular complexity index is 682. The molecular formula is C23H30O2. The largest absolute Gasteiger partial charge is 0.466 e. The Morgan fingerprint density at radius 2 is 1.72 bits per heavy atom. The lowest BCUT2D eigenvalue weighted by Gasteiger charge is -2.50. The molecule has 12 atom stereocenters. The second-order valence-corrected chi connectivity index (χ2v) is 10.6. The first-order chi connectivity index (χ1) is 12.3. The summed E-state index contributed by atoms with van der Waals surface area (Å²) in [6.07, 6.45) is 13.2. The number of esters is 1. The summed E-state index contributed by atoms with van der Waals surface area (Å²) in [4.78, 5) is 13.2. The Morgan fingerprint density at radius 1 is 0.960 bits per heavy atom. The smallest absolute Gasteiger partial charge is 0.312 e. The highest BCUT2D eigenvalue weighted by Gasteiger charge is 2.77. The van der Waals surface area contributed by atoms with Crippen molar-refractivity contribution >= 4 is 5.97 Å². The van der Waals surface area contributed by atoms with E-state index in [1.165, 1.54) is 32.1 Å². The van der Waals surface area contributed by atoms with Gasteiger partial charge in [0.15, 0.2) is 0 Å². The van der Waals surface area contributed by atoms with Crippen molar-refractivity contribution in [2.24, 2.45) is 70.5 Å². The monoisotopic (exact) mass is 338 g/mol. The minimum Gasteiger partial charge on any atom is -0.466 e. The average molecular weight is 338 g/mol. The molecule has 0 saturated heterocycles. The predicted octanol–water partition coefficient (Wildman–Crippen LogP) is 4.31. The zero-order valence-corrected chi connectivity index (χ0v) is 15.3. The van der Waals surface area contributed by atoms with Crippen LogP contribution in [0.1, 0.15) is 45.4 Å². The van der Waals surface area contributed by atoms with Gasteiger partial charge < -0.3 is 4.74 Å². The van der Waals surface area contributed by atoms with Crippen LogP contribution in [-0.2, 0) is 9.53 Å². The van der Waals surface area contributed by atoms with Gasteiger partial charge in [-0.15, -0.1) is 0 Å². The second kappa shape index (κ2) is 4.37. The molecular weight excluding hydrogens is 308 g/mol. The number of carbonyl (C=O) groups is 1. The van der Waals surface area contributed by atoms with Gasteiger partial charge in [-0.2, -0.15) is 0 Å². The van der Waals surface area contributed by atoms with Gasteiger partial charge >= 0.3 is 5.97 Å². The molecule has 25 heavy (non-hydrogen) atoms. The third-order valence-corrected chi connectivity index (χ3v) is 10.6. The van der Waals surface area contributed by atoms with Crippen molar-refractivity contribution in [3.05, 3.63) is 12.2 Å². The zero-order valence-electron chi connectivity index (χ0n) is 15.3. The molecule has 2 nitrogen and oxygen atoms in total. The minimum atomic E-state index is -0.0602. The van der Waals surface area contributed by atoms with E-state index >= 15 is 0 Å². The molecule has 0 heterocycles. The molecule has 0 aliphatic heterocycles. The van der Waals surface area contributed by atoms with Crippen molar-refractivity contribution in [1.29, 1.82) is 0 Å². The first kappa shape index (κ1) is 14.3. The van der Waals surface area contributed by atoms with Gasteiger partial charge in [0.1, 0.15) is 0 Å². The summed E-state index contributed by atoms with van der Waals surface area (Å²) >= 11 is 0. The Hall–Kier alpha value is -0.790. The molecule has 0 aromatic rings. The van der Waals surface area contributed by atoms with Crippen LogP contribution in [0, 0.1) is 70.5 Å². The molecule has 0 radical (unpaired) electrons. The van der Waals surface area contributed by atoms with Crippen LogP contribution in [0.3, 0.4) is 0 Å². The number of allylic oxidation sites excluding steroid dienone is 2. The molecule has 7 rings (SSSR count). The summed E-state index contributed by atoms with van der Waals surface area (Å²) in [6, 6.07) is 0. The van der Waals surface area contributed by atoms with Crippen molar-refractivity contribution in [2.45, 2.75) is 45.4 Å². The molecule has 2 heteroatoms. The molecule has 0 amide bonds. The summed E-state index contributed by atoms with van der Waals surface area (Å²) in [6.45, 7) is 2.54. The van der Waals surface area contributed by atoms with E-state index in [1.54, 1.807) is 0 Å². The zero-order chi connectivity index (χ0) is 16.5. The van der Waals surface area contributed by atoms with Crippen molar-refractivity contribution < 1.29 is 9.53 Å². The van der Waals surface area contributed by atoms with Crippen molar-refractivity contribution in [3.63, 3.8) is 0 Å². The highest BCUT2D eigenvalue weighted by atomic mass is 16.5. The summed E-state index contributed by atoms with van der Waals surface area (Å²) in [7, 11) is 0. The van der Waals surface area contributed by atoms with Gasteiger partial charge in [0.2, 0.25) is 0 Å². The highest BCUT2D eigenvalue weighted by molar-refractivity contribution is 5.79. The summed E-state index contributed by atoms with van der Waals surface area (Å²) in [5.74, 6) is 10.1. The van der Waals surface area contributed by atoms with Crippen LogP contribution >= 0.6 is 0 Å². The van der Waals surface area contributed by atoms with Crippen LogP contribution in [0.4, 0.5) is 0 Å². The molecule has 7 aliphatic carbocycles. The first-order valence-electron chi connectivity index (χ1n) is 11.1. The second-order valence-electron chi connectivity index (χ2n) is 10.6. The standard InChI is InChI=1S/C23H30O2/c1-2-25-22(24)23-7-3-4-16(23)13-10-17(23)21-15-9-14(20(13)21)18-11-5-6-12(8-11)19(15)18/h5-6,11-21H,2-4,7-10H2,1H3. The van der Waals surface area contributed by atoms with Crippen LogP contribution in [0.15, 0.2) is 12.2 Å². The van der Waals surface area contributed by atoms with Crippen molar-refractivity contribution in [2.75, 3.05) is 6.61 Å². The third kappa shape index (κ3) is 1.34. The summed E-state index contributed by atoms with van der Waals surface area (Å²) in [5.41, 5.74) is -0.0602. The van der Waals surface area contributed by atoms with E-state index in [0.717, 1.165) is 59.7 Å². The molecule has 0 aromatic carbocycles. The first-order valence-corrected chi connectivity index (χ1v) is 11.1. The Balaban J connectivity index is 1.31. The Morgan fingerprint density at radius 3 is 2.48 bits per heavy atom. The van der Waals surface area contributed by atoms with Gasteiger partial charge in [-0.05, 0) is 104 Å². The van der Waals surface area contributed by atoms with Crippen LogP contribution in [0.2, 0.25) is 0 Å². The maximum absolute atomic E-state index is 13.2. The number of hydrogen-bond acceptors (Lipinski definition) is 2. The maximum atomic E-state index is 13.2. The van der Waals surface area contributed by atoms with Crippen LogP contribution < -0.4 is 0 Å². The Kier molecular flexibility index (Phi) is 2.50. The normalized spacial score (nSPS) is 64.0. The van der Waals surface area contributed by atoms with Gasteiger partial charge in [-0.25, -0.2) is 0 Å². The fourth-order valence-electron chi connectivity index (χ4n) is 10.7. The maximum Gasteiger partial charge on any atom is 0.312 e. The van der Waals surface area contributed by atoms with E-state index < -0.39 is 0 Å².